The highest BCUT2D eigenvalue weighted by atomic mass is 79.9. The number of nitrogens with zero attached hydrogens (tertiary/aromatic N) is 1. The summed E-state index contributed by atoms with van der Waals surface area (Å²) in [6.45, 7) is 2.37. The number of hydrogen-bond acceptors (Lipinski definition) is 6. The second-order valence-electron chi connectivity index (χ2n) is 9.14. The number of ether oxygens (including phenoxy) is 1. The van der Waals surface area contributed by atoms with E-state index in [0.29, 0.717) is 28.1 Å². The van der Waals surface area contributed by atoms with Crippen molar-refractivity contribution in [3.05, 3.63) is 107 Å². The van der Waals surface area contributed by atoms with Gasteiger partial charge in [0, 0.05) is 25.9 Å². The summed E-state index contributed by atoms with van der Waals surface area (Å²) in [6.07, 6.45) is 0. The second-order valence-corrected chi connectivity index (χ2v) is 12.7. The van der Waals surface area contributed by atoms with Crippen LogP contribution in [0.4, 0.5) is 5.69 Å². The van der Waals surface area contributed by atoms with Gasteiger partial charge >= 0.3 is 4.87 Å². The van der Waals surface area contributed by atoms with Gasteiger partial charge in [-0.15, -0.1) is 0 Å². The van der Waals surface area contributed by atoms with E-state index in [1.54, 1.807) is 24.3 Å². The molecule has 2 aliphatic heterocycles. The van der Waals surface area contributed by atoms with E-state index in [1.807, 2.05) is 49.4 Å². The van der Waals surface area contributed by atoms with Gasteiger partial charge in [-0.05, 0) is 60.5 Å². The molecular weight excluding hydrogens is 608 g/mol. The second kappa shape index (κ2) is 10.0. The smallest absolute Gasteiger partial charge is 0.305 e. The maximum Gasteiger partial charge on any atom is 0.305 e. The quantitative estimate of drug-likeness (QED) is 0.255. The molecule has 38 heavy (non-hydrogen) atoms. The Balaban J connectivity index is 1.45. The molecule has 10 heteroatoms. The third-order valence-corrected chi connectivity index (χ3v) is 10.0. The molecule has 1 saturated heterocycles. The van der Waals surface area contributed by atoms with Crippen LogP contribution in [-0.4, -0.2) is 22.0 Å². The summed E-state index contributed by atoms with van der Waals surface area (Å²) in [4.78, 5) is 44.7. The lowest BCUT2D eigenvalue weighted by molar-refractivity contribution is -0.122. The van der Waals surface area contributed by atoms with Gasteiger partial charge in [0.2, 0.25) is 11.8 Å². The first-order valence-electron chi connectivity index (χ1n) is 11.8. The first-order chi connectivity index (χ1) is 18.3. The standard InChI is InChI=1S/C28H20BrClN2O4S2/c1-14-4-2-3-5-15(14)13-36-20-11-6-16(29)12-19(20)21-22-24(37-25-23(21)38-28(35)31-25)27(34)32(26(22)33)18-9-7-17(30)8-10-18/h2-12,21-22,24H,13H2,1H3,(H,31,35). The van der Waals surface area contributed by atoms with Crippen LogP contribution in [0.2, 0.25) is 5.02 Å². The Morgan fingerprint density at radius 2 is 1.79 bits per heavy atom. The van der Waals surface area contributed by atoms with Crippen LogP contribution in [0.3, 0.4) is 0 Å². The van der Waals surface area contributed by atoms with Crippen LogP contribution in [0.15, 0.2) is 81.0 Å². The van der Waals surface area contributed by atoms with Crippen molar-refractivity contribution in [2.75, 3.05) is 4.90 Å². The monoisotopic (exact) mass is 626 g/mol. The predicted molar refractivity (Wildman–Crippen MR) is 154 cm³/mol. The third-order valence-electron chi connectivity index (χ3n) is 6.86. The maximum atomic E-state index is 14.0. The number of fused-ring (bicyclic) bond motifs is 2. The lowest BCUT2D eigenvalue weighted by Crippen LogP contribution is -2.32. The fraction of sp³-hybridized carbons (Fsp3) is 0.179. The van der Waals surface area contributed by atoms with Crippen molar-refractivity contribution in [2.45, 2.75) is 29.7 Å². The zero-order chi connectivity index (χ0) is 26.6. The Bertz CT molecular complexity index is 1630. The number of aromatic amines is 1. The molecular formula is C28H20BrClN2O4S2. The van der Waals surface area contributed by atoms with Crippen molar-refractivity contribution in [3.63, 3.8) is 0 Å². The Hall–Kier alpha value is -2.85. The van der Waals surface area contributed by atoms with Gasteiger partial charge < -0.3 is 9.72 Å². The van der Waals surface area contributed by atoms with Gasteiger partial charge in [-0.3, -0.25) is 14.4 Å². The Morgan fingerprint density at radius 3 is 2.55 bits per heavy atom. The average Bonchev–Trinajstić information content (AvgIpc) is 3.39. The molecule has 3 unspecified atom stereocenters. The summed E-state index contributed by atoms with van der Waals surface area (Å²) in [5.41, 5.74) is 3.38. The number of anilines is 1. The molecule has 6 nitrogen and oxygen atoms in total. The largest absolute Gasteiger partial charge is 0.489 e. The minimum Gasteiger partial charge on any atom is -0.489 e. The number of amides is 2. The minimum absolute atomic E-state index is 0.223. The van der Waals surface area contributed by atoms with Gasteiger partial charge in [-0.2, -0.15) is 0 Å². The van der Waals surface area contributed by atoms with Gasteiger partial charge in [-0.1, -0.05) is 74.9 Å². The molecule has 2 amide bonds. The van der Waals surface area contributed by atoms with Crippen molar-refractivity contribution in [1.82, 2.24) is 4.98 Å². The topological polar surface area (TPSA) is 79.5 Å². The van der Waals surface area contributed by atoms with Crippen LogP contribution in [0, 0.1) is 12.8 Å². The average molecular weight is 628 g/mol. The highest BCUT2D eigenvalue weighted by molar-refractivity contribution is 9.10. The lowest BCUT2D eigenvalue weighted by Gasteiger charge is -2.31. The highest BCUT2D eigenvalue weighted by Crippen LogP contribution is 2.54. The number of thiazole rings is 1. The number of hydrogen-bond donors (Lipinski definition) is 1. The molecule has 0 saturated carbocycles. The molecule has 2 aliphatic rings. The number of halogens is 2. The molecule has 1 fully saturated rings. The van der Waals surface area contributed by atoms with Crippen LogP contribution in [0.25, 0.3) is 0 Å². The zero-order valence-corrected chi connectivity index (χ0v) is 23.9. The number of aryl methyl sites for hydroxylation is 1. The molecule has 0 bridgehead atoms. The van der Waals surface area contributed by atoms with Crippen molar-refractivity contribution < 1.29 is 14.3 Å². The Kier molecular flexibility index (Phi) is 6.72. The summed E-state index contributed by atoms with van der Waals surface area (Å²) < 4.78 is 7.14. The van der Waals surface area contributed by atoms with Crippen molar-refractivity contribution in [2.24, 2.45) is 5.92 Å². The lowest BCUT2D eigenvalue weighted by atomic mass is 9.82. The number of carbonyl (C=O) groups is 2. The number of rotatable bonds is 5. The molecule has 3 atom stereocenters. The molecule has 0 aliphatic carbocycles. The number of aromatic nitrogens is 1. The van der Waals surface area contributed by atoms with Gasteiger partial charge in [0.05, 0.1) is 16.6 Å². The van der Waals surface area contributed by atoms with E-state index in [-0.39, 0.29) is 16.7 Å². The molecule has 0 radical (unpaired) electrons. The third kappa shape index (κ3) is 4.41. The number of nitrogens with one attached hydrogen (secondary N) is 1. The van der Waals surface area contributed by atoms with Crippen LogP contribution in [0.5, 0.6) is 5.75 Å². The SMILES string of the molecule is Cc1ccccc1COc1ccc(Br)cc1C1c2sc(=O)[nH]c2SC2C(=O)N(c3ccc(Cl)cc3)C(=O)C21. The first kappa shape index (κ1) is 25.4. The molecule has 0 spiro atoms. The molecule has 3 heterocycles. The van der Waals surface area contributed by atoms with Crippen molar-refractivity contribution in [1.29, 1.82) is 0 Å². The van der Waals surface area contributed by atoms with Crippen LogP contribution < -0.4 is 14.5 Å². The number of carbonyl (C=O) groups excluding carboxylic acids is 2. The van der Waals surface area contributed by atoms with Crippen LogP contribution >= 0.6 is 50.6 Å². The van der Waals surface area contributed by atoms with Crippen LogP contribution in [0.1, 0.15) is 27.5 Å². The first-order valence-corrected chi connectivity index (χ1v) is 14.7. The molecule has 3 aromatic carbocycles. The van der Waals surface area contributed by atoms with E-state index < -0.39 is 17.1 Å². The van der Waals surface area contributed by atoms with E-state index in [9.17, 15) is 14.4 Å². The van der Waals surface area contributed by atoms with Gasteiger partial charge in [0.25, 0.3) is 0 Å². The van der Waals surface area contributed by atoms with E-state index in [4.69, 9.17) is 16.3 Å². The number of benzene rings is 3. The predicted octanol–water partition coefficient (Wildman–Crippen LogP) is 6.54. The molecule has 6 rings (SSSR count). The summed E-state index contributed by atoms with van der Waals surface area (Å²) in [5, 5.41) is 0.446. The zero-order valence-electron chi connectivity index (χ0n) is 19.9. The van der Waals surface area contributed by atoms with E-state index >= 15 is 0 Å². The molecule has 1 aromatic heterocycles. The Morgan fingerprint density at radius 1 is 1.03 bits per heavy atom. The number of H-pyrrole nitrogens is 1. The van der Waals surface area contributed by atoms with Gasteiger partial charge in [0.15, 0.2) is 0 Å². The molecule has 4 aromatic rings. The van der Waals surface area contributed by atoms with Gasteiger partial charge in [-0.25, -0.2) is 4.90 Å². The van der Waals surface area contributed by atoms with Gasteiger partial charge in [0.1, 0.15) is 17.6 Å². The van der Waals surface area contributed by atoms with Crippen LogP contribution in [-0.2, 0) is 16.2 Å². The fourth-order valence-electron chi connectivity index (χ4n) is 5.02. The summed E-state index contributed by atoms with van der Waals surface area (Å²) in [6, 6.07) is 20.3. The summed E-state index contributed by atoms with van der Waals surface area (Å²) in [7, 11) is 0. The fourth-order valence-corrected chi connectivity index (χ4v) is 8.03. The van der Waals surface area contributed by atoms with Crippen molar-refractivity contribution in [3.8, 4) is 5.75 Å². The van der Waals surface area contributed by atoms with Crippen molar-refractivity contribution >= 4 is 68.1 Å². The van der Waals surface area contributed by atoms with E-state index in [0.717, 1.165) is 37.4 Å². The minimum atomic E-state index is -0.711. The number of imide groups is 1. The maximum absolute atomic E-state index is 14.0. The normalized spacial score (nSPS) is 20.4. The highest BCUT2D eigenvalue weighted by Gasteiger charge is 2.56. The molecule has 192 valence electrons. The van der Waals surface area contributed by atoms with E-state index in [2.05, 4.69) is 20.9 Å². The summed E-state index contributed by atoms with van der Waals surface area (Å²) >= 11 is 11.9. The molecule has 1 N–H and O–H groups in total. The number of thioether (sulfide) groups is 1. The van der Waals surface area contributed by atoms with E-state index in [1.165, 1.54) is 16.7 Å². The Labute approximate surface area is 240 Å². The summed E-state index contributed by atoms with van der Waals surface area (Å²) in [5.74, 6) is -1.27.